The number of allylic oxidation sites excluding steroid dienone is 2. The molecule has 0 heterocycles. The van der Waals surface area contributed by atoms with Crippen LogP contribution in [-0.2, 0) is 9.53 Å². The molecule has 1 atom stereocenters. The lowest BCUT2D eigenvalue weighted by Crippen LogP contribution is -2.09. The van der Waals surface area contributed by atoms with E-state index >= 15 is 0 Å². The Labute approximate surface area is 97.5 Å². The second-order valence-corrected chi connectivity index (χ2v) is 4.90. The van der Waals surface area contributed by atoms with Gasteiger partial charge in [-0.15, -0.1) is 11.8 Å². The molecule has 0 aromatic carbocycles. The molecule has 2 nitrogen and oxygen atoms in total. The minimum atomic E-state index is -0.0750. The van der Waals surface area contributed by atoms with Gasteiger partial charge in [-0.25, -0.2) is 0 Å². The molecule has 0 fully saturated rings. The molecule has 0 aliphatic heterocycles. The molecule has 0 aromatic heterocycles. The van der Waals surface area contributed by atoms with Gasteiger partial charge in [0, 0.05) is 6.42 Å². The van der Waals surface area contributed by atoms with E-state index in [0.29, 0.717) is 18.3 Å². The van der Waals surface area contributed by atoms with Crippen LogP contribution in [-0.4, -0.2) is 18.2 Å². The predicted octanol–water partition coefficient (Wildman–Crippen LogP) is 3.62. The largest absolute Gasteiger partial charge is 0.455 e. The van der Waals surface area contributed by atoms with Crippen molar-refractivity contribution >= 4 is 17.7 Å². The molecule has 0 aromatic rings. The van der Waals surface area contributed by atoms with Crippen LogP contribution in [0.25, 0.3) is 0 Å². The van der Waals surface area contributed by atoms with Gasteiger partial charge in [-0.3, -0.25) is 4.79 Å². The molecule has 0 N–H and O–H groups in total. The lowest BCUT2D eigenvalue weighted by atomic mass is 10.0. The van der Waals surface area contributed by atoms with Crippen LogP contribution in [0.4, 0.5) is 0 Å². The Morgan fingerprint density at radius 3 is 2.67 bits per heavy atom. The molecule has 0 spiro atoms. The molecule has 0 saturated heterocycles. The van der Waals surface area contributed by atoms with Gasteiger partial charge in [0.15, 0.2) is 0 Å². The standard InChI is InChI=1S/C12H22O2S/c1-10(2)6-5-7-11(3)8-12(13)14-9-15-4/h6,11H,5,7-9H2,1-4H3. The fraction of sp³-hybridized carbons (Fsp3) is 0.750. The van der Waals surface area contributed by atoms with Crippen LogP contribution < -0.4 is 0 Å². The number of carbonyl (C=O) groups excluding carboxylic acids is 1. The highest BCUT2D eigenvalue weighted by atomic mass is 32.2. The van der Waals surface area contributed by atoms with E-state index in [4.69, 9.17) is 4.74 Å². The van der Waals surface area contributed by atoms with Crippen molar-refractivity contribution in [3.8, 4) is 0 Å². The zero-order chi connectivity index (χ0) is 11.7. The highest BCUT2D eigenvalue weighted by Gasteiger charge is 2.09. The molecular weight excluding hydrogens is 208 g/mol. The van der Waals surface area contributed by atoms with Gasteiger partial charge >= 0.3 is 5.97 Å². The van der Waals surface area contributed by atoms with E-state index in [1.807, 2.05) is 6.26 Å². The Morgan fingerprint density at radius 1 is 1.47 bits per heavy atom. The van der Waals surface area contributed by atoms with Gasteiger partial charge in [-0.05, 0) is 38.9 Å². The third kappa shape index (κ3) is 9.85. The first kappa shape index (κ1) is 14.6. The normalized spacial score (nSPS) is 12.0. The van der Waals surface area contributed by atoms with Crippen LogP contribution in [0.5, 0.6) is 0 Å². The van der Waals surface area contributed by atoms with Gasteiger partial charge in [0.25, 0.3) is 0 Å². The summed E-state index contributed by atoms with van der Waals surface area (Å²) in [6.07, 6.45) is 6.78. The maximum absolute atomic E-state index is 11.3. The molecule has 0 bridgehead atoms. The number of hydrogen-bond donors (Lipinski definition) is 0. The van der Waals surface area contributed by atoms with Crippen molar-refractivity contribution < 1.29 is 9.53 Å². The van der Waals surface area contributed by atoms with Crippen molar-refractivity contribution in [3.63, 3.8) is 0 Å². The number of carbonyl (C=O) groups is 1. The second kappa shape index (κ2) is 8.84. The van der Waals surface area contributed by atoms with Gasteiger partial charge < -0.3 is 4.74 Å². The lowest BCUT2D eigenvalue weighted by Gasteiger charge is -2.09. The summed E-state index contributed by atoms with van der Waals surface area (Å²) in [5.41, 5.74) is 1.34. The summed E-state index contributed by atoms with van der Waals surface area (Å²) in [7, 11) is 0. The van der Waals surface area contributed by atoms with E-state index in [0.717, 1.165) is 12.8 Å². The predicted molar refractivity (Wildman–Crippen MR) is 66.9 cm³/mol. The Balaban J connectivity index is 3.59. The Hall–Kier alpha value is -0.440. The number of esters is 1. The van der Waals surface area contributed by atoms with Crippen molar-refractivity contribution in [2.45, 2.75) is 40.0 Å². The minimum absolute atomic E-state index is 0.0750. The van der Waals surface area contributed by atoms with E-state index in [1.54, 1.807) is 0 Å². The first-order chi connectivity index (χ1) is 7.06. The maximum atomic E-state index is 11.3. The van der Waals surface area contributed by atoms with Gasteiger partial charge in [-0.1, -0.05) is 18.6 Å². The average molecular weight is 230 g/mol. The summed E-state index contributed by atoms with van der Waals surface area (Å²) < 4.78 is 5.00. The van der Waals surface area contributed by atoms with Crippen molar-refractivity contribution in [2.24, 2.45) is 5.92 Å². The number of hydrogen-bond acceptors (Lipinski definition) is 3. The summed E-state index contributed by atoms with van der Waals surface area (Å²) in [5.74, 6) is 0.809. The van der Waals surface area contributed by atoms with E-state index in [1.165, 1.54) is 17.3 Å². The molecule has 0 saturated carbocycles. The van der Waals surface area contributed by atoms with Crippen LogP contribution >= 0.6 is 11.8 Å². The monoisotopic (exact) mass is 230 g/mol. The Kier molecular flexibility index (Phi) is 8.58. The highest BCUT2D eigenvalue weighted by Crippen LogP contribution is 2.13. The topological polar surface area (TPSA) is 26.3 Å². The first-order valence-electron chi connectivity index (χ1n) is 5.34. The molecule has 88 valence electrons. The van der Waals surface area contributed by atoms with E-state index in [-0.39, 0.29) is 5.97 Å². The average Bonchev–Trinajstić information content (AvgIpc) is 2.14. The van der Waals surface area contributed by atoms with Gasteiger partial charge in [0.1, 0.15) is 5.94 Å². The van der Waals surface area contributed by atoms with Crippen molar-refractivity contribution in [3.05, 3.63) is 11.6 Å². The van der Waals surface area contributed by atoms with Crippen LogP contribution in [0.3, 0.4) is 0 Å². The highest BCUT2D eigenvalue weighted by molar-refractivity contribution is 7.98. The smallest absolute Gasteiger partial charge is 0.306 e. The van der Waals surface area contributed by atoms with E-state index in [2.05, 4.69) is 26.8 Å². The molecule has 15 heavy (non-hydrogen) atoms. The number of ether oxygens (including phenoxy) is 1. The minimum Gasteiger partial charge on any atom is -0.455 e. The van der Waals surface area contributed by atoms with Crippen LogP contribution in [0.1, 0.15) is 40.0 Å². The zero-order valence-electron chi connectivity index (χ0n) is 10.2. The Morgan fingerprint density at radius 2 is 2.13 bits per heavy atom. The third-order valence-corrected chi connectivity index (χ3v) is 2.42. The number of rotatable bonds is 7. The van der Waals surface area contributed by atoms with Crippen molar-refractivity contribution in [1.82, 2.24) is 0 Å². The summed E-state index contributed by atoms with van der Waals surface area (Å²) in [6.45, 7) is 6.29. The molecule has 3 heteroatoms. The van der Waals surface area contributed by atoms with Crippen LogP contribution in [0, 0.1) is 5.92 Å². The Bertz CT molecular complexity index is 208. The molecular formula is C12H22O2S. The van der Waals surface area contributed by atoms with E-state index < -0.39 is 0 Å². The number of thioether (sulfide) groups is 1. The molecule has 1 unspecified atom stereocenters. The van der Waals surface area contributed by atoms with Gasteiger partial charge in [0.2, 0.25) is 0 Å². The SMILES string of the molecule is CSCOC(=O)CC(C)CCC=C(C)C. The zero-order valence-corrected chi connectivity index (χ0v) is 11.0. The molecule has 0 aliphatic rings. The van der Waals surface area contributed by atoms with Gasteiger partial charge in [-0.2, -0.15) is 0 Å². The maximum Gasteiger partial charge on any atom is 0.306 e. The third-order valence-electron chi connectivity index (χ3n) is 2.06. The quantitative estimate of drug-likeness (QED) is 0.379. The summed E-state index contributed by atoms with van der Waals surface area (Å²) in [6, 6.07) is 0. The van der Waals surface area contributed by atoms with Crippen molar-refractivity contribution in [2.75, 3.05) is 12.2 Å². The summed E-state index contributed by atoms with van der Waals surface area (Å²) in [5, 5.41) is 0. The summed E-state index contributed by atoms with van der Waals surface area (Å²) >= 11 is 1.53. The van der Waals surface area contributed by atoms with Crippen molar-refractivity contribution in [1.29, 1.82) is 0 Å². The van der Waals surface area contributed by atoms with Crippen LogP contribution in [0.15, 0.2) is 11.6 Å². The van der Waals surface area contributed by atoms with E-state index in [9.17, 15) is 4.79 Å². The summed E-state index contributed by atoms with van der Waals surface area (Å²) in [4.78, 5) is 11.3. The lowest BCUT2D eigenvalue weighted by molar-refractivity contribution is -0.142. The molecule has 0 rings (SSSR count). The van der Waals surface area contributed by atoms with Crippen LogP contribution in [0.2, 0.25) is 0 Å². The molecule has 0 amide bonds. The molecule has 0 aliphatic carbocycles. The first-order valence-corrected chi connectivity index (χ1v) is 6.73. The second-order valence-electron chi connectivity index (χ2n) is 4.09. The fourth-order valence-electron chi connectivity index (χ4n) is 1.23. The molecule has 0 radical (unpaired) electrons. The fourth-order valence-corrected chi connectivity index (χ4v) is 1.48. The van der Waals surface area contributed by atoms with Gasteiger partial charge in [0.05, 0.1) is 0 Å².